The molecule has 0 atom stereocenters. The fraction of sp³-hybridized carbons (Fsp3) is 0.231. The monoisotopic (exact) mass is 447 g/mol. The quantitative estimate of drug-likeness (QED) is 0.617. The summed E-state index contributed by atoms with van der Waals surface area (Å²) in [6.07, 6.45) is 0. The highest BCUT2D eigenvalue weighted by molar-refractivity contribution is 9.11. The van der Waals surface area contributed by atoms with Crippen LogP contribution in [0, 0.1) is 0 Å². The SMILES string of the molecule is CC(C)c1nc(Br)cc(Nc2cc(Br)ccc2Br)n1. The summed E-state index contributed by atoms with van der Waals surface area (Å²) in [6.45, 7) is 4.14. The molecule has 0 radical (unpaired) electrons. The van der Waals surface area contributed by atoms with E-state index < -0.39 is 0 Å². The Hall–Kier alpha value is -0.460. The predicted molar refractivity (Wildman–Crippen MR) is 88.9 cm³/mol. The molecule has 1 aromatic heterocycles. The predicted octanol–water partition coefficient (Wildman–Crippen LogP) is 5.63. The van der Waals surface area contributed by atoms with Crippen LogP contribution in [0.3, 0.4) is 0 Å². The van der Waals surface area contributed by atoms with Gasteiger partial charge in [-0.1, -0.05) is 29.8 Å². The van der Waals surface area contributed by atoms with Gasteiger partial charge in [0.05, 0.1) is 5.69 Å². The van der Waals surface area contributed by atoms with Crippen molar-refractivity contribution in [1.82, 2.24) is 9.97 Å². The van der Waals surface area contributed by atoms with Gasteiger partial charge in [-0.25, -0.2) is 9.97 Å². The standard InChI is InChI=1S/C13H12Br3N3/c1-7(2)13-18-11(16)6-12(19-13)17-10-5-8(14)3-4-9(10)15/h3-7H,1-2H3,(H,17,18,19). The van der Waals surface area contributed by atoms with E-state index in [0.29, 0.717) is 0 Å². The lowest BCUT2D eigenvalue weighted by Gasteiger charge is -2.11. The molecule has 0 bridgehead atoms. The zero-order valence-electron chi connectivity index (χ0n) is 10.4. The van der Waals surface area contributed by atoms with Crippen molar-refractivity contribution in [3.05, 3.63) is 43.6 Å². The van der Waals surface area contributed by atoms with E-state index in [0.717, 1.165) is 30.9 Å². The Bertz CT molecular complexity index is 600. The van der Waals surface area contributed by atoms with Gasteiger partial charge in [-0.2, -0.15) is 0 Å². The molecule has 0 aliphatic heterocycles. The van der Waals surface area contributed by atoms with E-state index >= 15 is 0 Å². The van der Waals surface area contributed by atoms with E-state index in [1.165, 1.54) is 0 Å². The fourth-order valence-electron chi connectivity index (χ4n) is 1.49. The molecule has 100 valence electrons. The fourth-order valence-corrected chi connectivity index (χ4v) is 2.59. The van der Waals surface area contributed by atoms with Gasteiger partial charge >= 0.3 is 0 Å². The molecule has 0 fully saturated rings. The van der Waals surface area contributed by atoms with Crippen molar-refractivity contribution in [3.63, 3.8) is 0 Å². The van der Waals surface area contributed by atoms with Gasteiger partial charge < -0.3 is 5.32 Å². The summed E-state index contributed by atoms with van der Waals surface area (Å²) in [4.78, 5) is 8.87. The lowest BCUT2D eigenvalue weighted by molar-refractivity contribution is 0.771. The van der Waals surface area contributed by atoms with Gasteiger partial charge in [0, 0.05) is 20.9 Å². The Labute approximate surface area is 137 Å². The van der Waals surface area contributed by atoms with Crippen LogP contribution in [0.4, 0.5) is 11.5 Å². The molecule has 19 heavy (non-hydrogen) atoms. The molecule has 0 saturated carbocycles. The molecular formula is C13H12Br3N3. The van der Waals surface area contributed by atoms with Crippen LogP contribution in [0.5, 0.6) is 0 Å². The first-order valence-corrected chi connectivity index (χ1v) is 8.10. The second-order valence-electron chi connectivity index (χ2n) is 4.34. The van der Waals surface area contributed by atoms with E-state index in [1.807, 2.05) is 24.3 Å². The Morgan fingerprint density at radius 2 is 1.79 bits per heavy atom. The molecule has 0 unspecified atom stereocenters. The summed E-state index contributed by atoms with van der Waals surface area (Å²) in [6, 6.07) is 7.81. The van der Waals surface area contributed by atoms with Crippen LogP contribution in [-0.4, -0.2) is 9.97 Å². The first-order valence-electron chi connectivity index (χ1n) is 5.72. The first kappa shape index (κ1) is 14.9. The summed E-state index contributed by atoms with van der Waals surface area (Å²) in [5, 5.41) is 3.29. The van der Waals surface area contributed by atoms with Crippen LogP contribution in [0.15, 0.2) is 37.8 Å². The lowest BCUT2D eigenvalue weighted by Crippen LogP contribution is -2.02. The number of nitrogens with zero attached hydrogens (tertiary/aromatic N) is 2. The summed E-state index contributed by atoms with van der Waals surface area (Å²) >= 11 is 10.4. The van der Waals surface area contributed by atoms with Crippen molar-refractivity contribution < 1.29 is 0 Å². The minimum atomic E-state index is 0.281. The number of anilines is 2. The summed E-state index contributed by atoms with van der Waals surface area (Å²) in [5.41, 5.74) is 0.953. The Kier molecular flexibility index (Phi) is 4.97. The third kappa shape index (κ3) is 4.00. The summed E-state index contributed by atoms with van der Waals surface area (Å²) in [5.74, 6) is 1.86. The molecule has 1 heterocycles. The molecule has 0 aliphatic rings. The number of benzene rings is 1. The highest BCUT2D eigenvalue weighted by Gasteiger charge is 2.08. The molecule has 0 saturated heterocycles. The van der Waals surface area contributed by atoms with Gasteiger partial charge in [-0.3, -0.25) is 0 Å². The smallest absolute Gasteiger partial charge is 0.135 e. The van der Waals surface area contributed by atoms with Crippen molar-refractivity contribution in [2.75, 3.05) is 5.32 Å². The lowest BCUT2D eigenvalue weighted by atomic mass is 10.2. The van der Waals surface area contributed by atoms with Crippen molar-refractivity contribution in [2.45, 2.75) is 19.8 Å². The van der Waals surface area contributed by atoms with Gasteiger partial charge in [0.1, 0.15) is 16.2 Å². The minimum Gasteiger partial charge on any atom is -0.339 e. The maximum absolute atomic E-state index is 4.51. The maximum Gasteiger partial charge on any atom is 0.135 e. The van der Waals surface area contributed by atoms with Crippen LogP contribution in [0.2, 0.25) is 0 Å². The molecule has 6 heteroatoms. The summed E-state index contributed by atoms with van der Waals surface area (Å²) in [7, 11) is 0. The number of hydrogen-bond donors (Lipinski definition) is 1. The zero-order valence-corrected chi connectivity index (χ0v) is 15.2. The molecule has 1 aromatic carbocycles. The van der Waals surface area contributed by atoms with E-state index in [4.69, 9.17) is 0 Å². The average Bonchev–Trinajstić information content (AvgIpc) is 2.33. The highest BCUT2D eigenvalue weighted by Crippen LogP contribution is 2.29. The van der Waals surface area contributed by atoms with E-state index in [-0.39, 0.29) is 5.92 Å². The minimum absolute atomic E-state index is 0.281. The molecule has 2 rings (SSSR count). The molecule has 1 N–H and O–H groups in total. The van der Waals surface area contributed by atoms with E-state index in [1.54, 1.807) is 0 Å². The summed E-state index contributed by atoms with van der Waals surface area (Å²) < 4.78 is 2.77. The zero-order chi connectivity index (χ0) is 14.0. The Morgan fingerprint density at radius 1 is 1.05 bits per heavy atom. The van der Waals surface area contributed by atoms with Gasteiger partial charge in [-0.15, -0.1) is 0 Å². The largest absolute Gasteiger partial charge is 0.339 e. The second-order valence-corrected chi connectivity index (χ2v) is 6.92. The Balaban J connectivity index is 2.35. The third-order valence-electron chi connectivity index (χ3n) is 2.42. The number of aromatic nitrogens is 2. The molecule has 2 aromatic rings. The molecule has 0 amide bonds. The van der Waals surface area contributed by atoms with Crippen molar-refractivity contribution >= 4 is 59.3 Å². The number of hydrogen-bond acceptors (Lipinski definition) is 3. The van der Waals surface area contributed by atoms with Gasteiger partial charge in [0.2, 0.25) is 0 Å². The van der Waals surface area contributed by atoms with E-state index in [9.17, 15) is 0 Å². The van der Waals surface area contributed by atoms with Gasteiger partial charge in [0.25, 0.3) is 0 Å². The number of rotatable bonds is 3. The van der Waals surface area contributed by atoms with Crippen LogP contribution < -0.4 is 5.32 Å². The van der Waals surface area contributed by atoms with Crippen LogP contribution in [0.1, 0.15) is 25.6 Å². The second kappa shape index (κ2) is 6.33. The highest BCUT2D eigenvalue weighted by atomic mass is 79.9. The third-order valence-corrected chi connectivity index (χ3v) is 4.01. The van der Waals surface area contributed by atoms with Gasteiger partial charge in [0.15, 0.2) is 0 Å². The van der Waals surface area contributed by atoms with Crippen molar-refractivity contribution in [1.29, 1.82) is 0 Å². The number of nitrogens with one attached hydrogen (secondary N) is 1. The maximum atomic E-state index is 4.51. The number of halogens is 3. The molecule has 0 aliphatic carbocycles. The normalized spacial score (nSPS) is 10.8. The van der Waals surface area contributed by atoms with E-state index in [2.05, 4.69) is 76.9 Å². The van der Waals surface area contributed by atoms with Gasteiger partial charge in [-0.05, 0) is 50.1 Å². The van der Waals surface area contributed by atoms with Crippen molar-refractivity contribution in [2.24, 2.45) is 0 Å². The van der Waals surface area contributed by atoms with Crippen LogP contribution >= 0.6 is 47.8 Å². The molecule has 3 nitrogen and oxygen atoms in total. The molecular weight excluding hydrogens is 438 g/mol. The average molecular weight is 450 g/mol. The van der Waals surface area contributed by atoms with Crippen LogP contribution in [0.25, 0.3) is 0 Å². The topological polar surface area (TPSA) is 37.8 Å². The van der Waals surface area contributed by atoms with Crippen LogP contribution in [-0.2, 0) is 0 Å². The Morgan fingerprint density at radius 3 is 2.47 bits per heavy atom. The first-order chi connectivity index (χ1) is 8.95. The van der Waals surface area contributed by atoms with Crippen molar-refractivity contribution in [3.8, 4) is 0 Å². The molecule has 0 spiro atoms.